The highest BCUT2D eigenvalue weighted by atomic mass is 16.5. The normalized spacial score (nSPS) is 21.6. The van der Waals surface area contributed by atoms with Crippen molar-refractivity contribution in [2.24, 2.45) is 0 Å². The van der Waals surface area contributed by atoms with Gasteiger partial charge in [-0.2, -0.15) is 0 Å². The number of carboxylic acid groups (broad SMARTS) is 1. The molecule has 1 aliphatic rings. The van der Waals surface area contributed by atoms with E-state index in [0.29, 0.717) is 13.2 Å². The number of ether oxygens (including phenoxy) is 1. The number of aliphatic carboxylic acids is 1. The fourth-order valence-corrected chi connectivity index (χ4v) is 1.88. The van der Waals surface area contributed by atoms with Crippen LogP contribution in [0.2, 0.25) is 0 Å². The highest BCUT2D eigenvalue weighted by Crippen LogP contribution is 2.17. The van der Waals surface area contributed by atoms with Gasteiger partial charge in [-0.25, -0.2) is 9.59 Å². The van der Waals surface area contributed by atoms with E-state index in [1.54, 1.807) is 0 Å². The molecule has 0 saturated carbocycles. The van der Waals surface area contributed by atoms with Gasteiger partial charge < -0.3 is 30.5 Å². The smallest absolute Gasteiger partial charge is 0.326 e. The summed E-state index contributed by atoms with van der Waals surface area (Å²) < 4.78 is 4.75. The fraction of sp³-hybridized carbons (Fsp3) is 0.727. The largest absolute Gasteiger partial charge is 0.480 e. The summed E-state index contributed by atoms with van der Waals surface area (Å²) in [6, 6.07) is -1.75. The lowest BCUT2D eigenvalue weighted by molar-refractivity contribution is -0.141. The van der Waals surface area contributed by atoms with Crippen LogP contribution in [-0.4, -0.2) is 78.5 Å². The monoisotopic (exact) mass is 289 g/mol. The number of carboxylic acids is 1. The van der Waals surface area contributed by atoms with Gasteiger partial charge in [-0.05, 0) is 0 Å². The summed E-state index contributed by atoms with van der Waals surface area (Å²) in [5.41, 5.74) is 0. The maximum atomic E-state index is 11.8. The second-order valence-corrected chi connectivity index (χ2v) is 4.40. The summed E-state index contributed by atoms with van der Waals surface area (Å²) in [5.74, 6) is -1.58. The average molecular weight is 289 g/mol. The predicted octanol–water partition coefficient (Wildman–Crippen LogP) is -2.02. The van der Waals surface area contributed by atoms with Crippen LogP contribution in [-0.2, 0) is 14.3 Å². The van der Waals surface area contributed by atoms with Crippen molar-refractivity contribution in [2.75, 3.05) is 33.4 Å². The molecule has 1 fully saturated rings. The zero-order chi connectivity index (χ0) is 15.1. The maximum absolute atomic E-state index is 11.8. The number of β-amino-alcohol motifs (C(OH)–C–C–N with tert-alkyl or cyclic N) is 1. The SMILES string of the molecule is COCCNC(=O)CNC(=O)N1C[C@H](O)C[C@H]1C(=O)O. The van der Waals surface area contributed by atoms with Crippen LogP contribution in [0.15, 0.2) is 0 Å². The van der Waals surface area contributed by atoms with Crippen molar-refractivity contribution in [1.29, 1.82) is 0 Å². The Hall–Kier alpha value is -1.87. The van der Waals surface area contributed by atoms with Crippen LogP contribution in [0, 0.1) is 0 Å². The molecule has 20 heavy (non-hydrogen) atoms. The van der Waals surface area contributed by atoms with E-state index in [0.717, 1.165) is 4.90 Å². The molecule has 114 valence electrons. The second kappa shape index (κ2) is 7.65. The summed E-state index contributed by atoms with van der Waals surface area (Å²) >= 11 is 0. The summed E-state index contributed by atoms with van der Waals surface area (Å²) in [7, 11) is 1.50. The number of nitrogens with one attached hydrogen (secondary N) is 2. The van der Waals surface area contributed by atoms with E-state index >= 15 is 0 Å². The molecule has 1 rings (SSSR count). The number of carbonyl (C=O) groups is 3. The van der Waals surface area contributed by atoms with Gasteiger partial charge in [0.25, 0.3) is 0 Å². The number of carbonyl (C=O) groups excluding carboxylic acids is 2. The molecule has 0 aliphatic carbocycles. The number of likely N-dealkylation sites (tertiary alicyclic amines) is 1. The summed E-state index contributed by atoms with van der Waals surface area (Å²) in [6.07, 6.45) is -0.875. The molecule has 1 heterocycles. The van der Waals surface area contributed by atoms with E-state index in [1.807, 2.05) is 0 Å². The van der Waals surface area contributed by atoms with Gasteiger partial charge in [-0.3, -0.25) is 4.79 Å². The first-order chi connectivity index (χ1) is 9.45. The van der Waals surface area contributed by atoms with Crippen LogP contribution < -0.4 is 10.6 Å². The van der Waals surface area contributed by atoms with Crippen molar-refractivity contribution in [1.82, 2.24) is 15.5 Å². The number of aliphatic hydroxyl groups excluding tert-OH is 1. The molecule has 0 bridgehead atoms. The number of hydrogen-bond acceptors (Lipinski definition) is 5. The quantitative estimate of drug-likeness (QED) is 0.418. The number of nitrogens with zero attached hydrogens (tertiary/aromatic N) is 1. The van der Waals surface area contributed by atoms with E-state index in [-0.39, 0.29) is 19.5 Å². The van der Waals surface area contributed by atoms with Gasteiger partial charge in [0.2, 0.25) is 5.91 Å². The Kier molecular flexibility index (Phi) is 6.19. The van der Waals surface area contributed by atoms with Gasteiger partial charge in [0.05, 0.1) is 19.3 Å². The van der Waals surface area contributed by atoms with Crippen LogP contribution in [0.1, 0.15) is 6.42 Å². The Bertz CT molecular complexity index is 375. The lowest BCUT2D eigenvalue weighted by Gasteiger charge is -2.21. The van der Waals surface area contributed by atoms with Crippen LogP contribution in [0.4, 0.5) is 4.79 Å². The Morgan fingerprint density at radius 1 is 1.35 bits per heavy atom. The third-order valence-electron chi connectivity index (χ3n) is 2.85. The Balaban J connectivity index is 2.38. The molecule has 4 N–H and O–H groups in total. The molecule has 0 aromatic rings. The molecule has 9 nitrogen and oxygen atoms in total. The van der Waals surface area contributed by atoms with Crippen molar-refractivity contribution in [3.8, 4) is 0 Å². The molecular weight excluding hydrogens is 270 g/mol. The first-order valence-electron chi connectivity index (χ1n) is 6.16. The third kappa shape index (κ3) is 4.67. The van der Waals surface area contributed by atoms with Crippen LogP contribution in [0.25, 0.3) is 0 Å². The van der Waals surface area contributed by atoms with Gasteiger partial charge >= 0.3 is 12.0 Å². The van der Waals surface area contributed by atoms with Crippen molar-refractivity contribution in [3.63, 3.8) is 0 Å². The number of rotatable bonds is 6. The summed E-state index contributed by atoms with van der Waals surface area (Å²) in [6.45, 7) is 0.361. The minimum atomic E-state index is -1.18. The Morgan fingerprint density at radius 3 is 2.65 bits per heavy atom. The van der Waals surface area contributed by atoms with E-state index in [1.165, 1.54) is 7.11 Å². The predicted molar refractivity (Wildman–Crippen MR) is 67.0 cm³/mol. The maximum Gasteiger partial charge on any atom is 0.326 e. The zero-order valence-electron chi connectivity index (χ0n) is 11.2. The standard InChI is InChI=1S/C11H19N3O6/c1-20-3-2-12-9(16)5-13-11(19)14-6-7(15)4-8(14)10(17)18/h7-8,15H,2-6H2,1H3,(H,12,16)(H,13,19)(H,17,18)/t7-,8+/m1/s1. The summed E-state index contributed by atoms with van der Waals surface area (Å²) in [4.78, 5) is 35.1. The van der Waals surface area contributed by atoms with Gasteiger partial charge in [0.15, 0.2) is 0 Å². The molecular formula is C11H19N3O6. The van der Waals surface area contributed by atoms with Crippen molar-refractivity contribution >= 4 is 17.9 Å². The Labute approximate surface area is 115 Å². The number of urea groups is 1. The third-order valence-corrected chi connectivity index (χ3v) is 2.85. The Morgan fingerprint density at radius 2 is 2.05 bits per heavy atom. The van der Waals surface area contributed by atoms with Crippen LogP contribution in [0.5, 0.6) is 0 Å². The van der Waals surface area contributed by atoms with Gasteiger partial charge in [-0.15, -0.1) is 0 Å². The molecule has 0 aromatic carbocycles. The molecule has 0 aromatic heterocycles. The second-order valence-electron chi connectivity index (χ2n) is 4.40. The van der Waals surface area contributed by atoms with E-state index < -0.39 is 30.1 Å². The molecule has 9 heteroatoms. The number of methoxy groups -OCH3 is 1. The molecule has 0 radical (unpaired) electrons. The topological polar surface area (TPSA) is 128 Å². The fourth-order valence-electron chi connectivity index (χ4n) is 1.88. The van der Waals surface area contributed by atoms with Gasteiger partial charge in [0, 0.05) is 26.6 Å². The van der Waals surface area contributed by atoms with Crippen LogP contribution >= 0.6 is 0 Å². The molecule has 0 spiro atoms. The highest BCUT2D eigenvalue weighted by Gasteiger charge is 2.38. The molecule has 0 unspecified atom stereocenters. The van der Waals surface area contributed by atoms with Crippen molar-refractivity contribution in [3.05, 3.63) is 0 Å². The molecule has 2 atom stereocenters. The van der Waals surface area contributed by atoms with Crippen molar-refractivity contribution < 1.29 is 29.3 Å². The first-order valence-corrected chi connectivity index (χ1v) is 6.16. The minimum Gasteiger partial charge on any atom is -0.480 e. The van der Waals surface area contributed by atoms with Gasteiger partial charge in [0.1, 0.15) is 6.04 Å². The lowest BCUT2D eigenvalue weighted by Crippen LogP contribution is -2.48. The van der Waals surface area contributed by atoms with Gasteiger partial charge in [-0.1, -0.05) is 0 Å². The number of amides is 3. The lowest BCUT2D eigenvalue weighted by atomic mass is 10.2. The van der Waals surface area contributed by atoms with E-state index in [9.17, 15) is 19.5 Å². The molecule has 1 saturated heterocycles. The van der Waals surface area contributed by atoms with E-state index in [2.05, 4.69) is 10.6 Å². The van der Waals surface area contributed by atoms with Crippen LogP contribution in [0.3, 0.4) is 0 Å². The number of aliphatic hydroxyl groups is 1. The zero-order valence-corrected chi connectivity index (χ0v) is 11.2. The molecule has 3 amide bonds. The average Bonchev–Trinajstić information content (AvgIpc) is 2.78. The molecule has 1 aliphatic heterocycles. The highest BCUT2D eigenvalue weighted by molar-refractivity contribution is 5.87. The summed E-state index contributed by atoms with van der Waals surface area (Å²) in [5, 5.41) is 23.2. The first kappa shape index (κ1) is 16.2. The van der Waals surface area contributed by atoms with E-state index in [4.69, 9.17) is 9.84 Å². The minimum absolute atomic E-state index is 0.0111. The van der Waals surface area contributed by atoms with Crippen molar-refractivity contribution in [2.45, 2.75) is 18.6 Å². The number of hydrogen-bond donors (Lipinski definition) is 4.